The van der Waals surface area contributed by atoms with E-state index in [1.165, 1.54) is 18.4 Å². The van der Waals surface area contributed by atoms with Gasteiger partial charge in [0.25, 0.3) is 0 Å². The van der Waals surface area contributed by atoms with Crippen molar-refractivity contribution < 1.29 is 0 Å². The Morgan fingerprint density at radius 2 is 1.93 bits per heavy atom. The van der Waals surface area contributed by atoms with Crippen molar-refractivity contribution >= 4 is 0 Å². The van der Waals surface area contributed by atoms with Crippen LogP contribution < -0.4 is 5.73 Å². The molecule has 0 amide bonds. The molecule has 2 heteroatoms. The zero-order valence-corrected chi connectivity index (χ0v) is 9.45. The molecule has 0 spiro atoms. The summed E-state index contributed by atoms with van der Waals surface area (Å²) in [5.41, 5.74) is 7.63. The van der Waals surface area contributed by atoms with Crippen LogP contribution in [0.3, 0.4) is 0 Å². The highest BCUT2D eigenvalue weighted by Crippen LogP contribution is 2.32. The average molecular weight is 204 g/mol. The van der Waals surface area contributed by atoms with E-state index in [0.29, 0.717) is 0 Å². The summed E-state index contributed by atoms with van der Waals surface area (Å²) in [5.74, 6) is 0. The van der Waals surface area contributed by atoms with Crippen molar-refractivity contribution in [3.8, 4) is 0 Å². The molecule has 0 unspecified atom stereocenters. The summed E-state index contributed by atoms with van der Waals surface area (Å²) in [6, 6.07) is 10.6. The Morgan fingerprint density at radius 3 is 2.53 bits per heavy atom. The minimum Gasteiger partial charge on any atom is -0.324 e. The van der Waals surface area contributed by atoms with Crippen LogP contribution in [0.1, 0.15) is 18.4 Å². The van der Waals surface area contributed by atoms with Gasteiger partial charge >= 0.3 is 0 Å². The van der Waals surface area contributed by atoms with E-state index in [9.17, 15) is 0 Å². The van der Waals surface area contributed by atoms with Crippen LogP contribution in [0.25, 0.3) is 0 Å². The Labute approximate surface area is 92.1 Å². The minimum atomic E-state index is 0.144. The Bertz CT molecular complexity index is 304. The van der Waals surface area contributed by atoms with E-state index >= 15 is 0 Å². The highest BCUT2D eigenvalue weighted by molar-refractivity contribution is 5.14. The van der Waals surface area contributed by atoms with Crippen molar-refractivity contribution in [2.75, 3.05) is 20.1 Å². The minimum absolute atomic E-state index is 0.144. The van der Waals surface area contributed by atoms with Crippen molar-refractivity contribution in [2.45, 2.75) is 24.8 Å². The molecule has 0 aromatic heterocycles. The van der Waals surface area contributed by atoms with Crippen LogP contribution in [-0.4, -0.2) is 30.6 Å². The maximum Gasteiger partial charge on any atom is 0.0284 e. The molecule has 2 rings (SSSR count). The number of nitrogens with two attached hydrogens (primary N) is 1. The van der Waals surface area contributed by atoms with Gasteiger partial charge in [0.1, 0.15) is 0 Å². The maximum atomic E-state index is 6.07. The first-order valence-electron chi connectivity index (χ1n) is 5.69. The fraction of sp³-hybridized carbons (Fsp3) is 0.538. The van der Waals surface area contributed by atoms with Crippen LogP contribution in [0.2, 0.25) is 0 Å². The lowest BCUT2D eigenvalue weighted by atomic mass is 10.1. The molecule has 82 valence electrons. The van der Waals surface area contributed by atoms with Crippen LogP contribution >= 0.6 is 0 Å². The van der Waals surface area contributed by atoms with Gasteiger partial charge in [-0.2, -0.15) is 0 Å². The summed E-state index contributed by atoms with van der Waals surface area (Å²) in [5, 5.41) is 0. The lowest BCUT2D eigenvalue weighted by molar-refractivity contribution is 0.306. The Hall–Kier alpha value is -0.860. The van der Waals surface area contributed by atoms with Gasteiger partial charge in [0, 0.05) is 18.6 Å². The van der Waals surface area contributed by atoms with Crippen molar-refractivity contribution in [2.24, 2.45) is 5.73 Å². The molecule has 2 N–H and O–H groups in total. The first-order valence-corrected chi connectivity index (χ1v) is 5.69. The number of hydrogen-bond acceptors (Lipinski definition) is 2. The largest absolute Gasteiger partial charge is 0.324 e. The fourth-order valence-electron chi connectivity index (χ4n) is 1.90. The summed E-state index contributed by atoms with van der Waals surface area (Å²) in [7, 11) is 2.16. The Balaban J connectivity index is 1.73. The van der Waals surface area contributed by atoms with Gasteiger partial charge < -0.3 is 10.6 Å². The van der Waals surface area contributed by atoms with Crippen LogP contribution in [0.5, 0.6) is 0 Å². The molecule has 0 heterocycles. The second-order valence-electron chi connectivity index (χ2n) is 4.84. The SMILES string of the molecule is CN(CCc1ccccc1)CC1(N)CC1. The molecule has 1 fully saturated rings. The van der Waals surface area contributed by atoms with E-state index in [4.69, 9.17) is 5.73 Å². The first kappa shape index (κ1) is 10.7. The van der Waals surface area contributed by atoms with Crippen LogP contribution in [-0.2, 0) is 6.42 Å². The molecular weight excluding hydrogens is 184 g/mol. The van der Waals surface area contributed by atoms with Crippen molar-refractivity contribution in [3.05, 3.63) is 35.9 Å². The van der Waals surface area contributed by atoms with Gasteiger partial charge in [-0.25, -0.2) is 0 Å². The number of nitrogens with zero attached hydrogens (tertiary/aromatic N) is 1. The molecule has 1 aromatic carbocycles. The molecule has 0 bridgehead atoms. The zero-order valence-electron chi connectivity index (χ0n) is 9.45. The van der Waals surface area contributed by atoms with E-state index in [1.54, 1.807) is 0 Å². The molecule has 0 aliphatic heterocycles. The molecular formula is C13H20N2. The van der Waals surface area contributed by atoms with E-state index in [-0.39, 0.29) is 5.54 Å². The lowest BCUT2D eigenvalue weighted by Gasteiger charge is -2.20. The van der Waals surface area contributed by atoms with Gasteiger partial charge in [-0.3, -0.25) is 0 Å². The van der Waals surface area contributed by atoms with Gasteiger partial charge in [0.2, 0.25) is 0 Å². The number of benzene rings is 1. The molecule has 15 heavy (non-hydrogen) atoms. The van der Waals surface area contributed by atoms with E-state index < -0.39 is 0 Å². The van der Waals surface area contributed by atoms with E-state index in [0.717, 1.165) is 19.5 Å². The molecule has 0 atom stereocenters. The first-order chi connectivity index (χ1) is 7.18. The quantitative estimate of drug-likeness (QED) is 0.790. The highest BCUT2D eigenvalue weighted by atomic mass is 15.1. The predicted octanol–water partition coefficient (Wildman–Crippen LogP) is 1.65. The molecule has 2 nitrogen and oxygen atoms in total. The smallest absolute Gasteiger partial charge is 0.0284 e. The van der Waals surface area contributed by atoms with Gasteiger partial charge in [-0.05, 0) is 31.9 Å². The third kappa shape index (κ3) is 3.33. The van der Waals surface area contributed by atoms with Gasteiger partial charge in [-0.15, -0.1) is 0 Å². The number of hydrogen-bond donors (Lipinski definition) is 1. The molecule has 1 aliphatic rings. The van der Waals surface area contributed by atoms with Crippen molar-refractivity contribution in [1.82, 2.24) is 4.90 Å². The van der Waals surface area contributed by atoms with Crippen LogP contribution in [0.4, 0.5) is 0 Å². The second-order valence-corrected chi connectivity index (χ2v) is 4.84. The third-order valence-electron chi connectivity index (χ3n) is 3.10. The number of likely N-dealkylation sites (N-methyl/N-ethyl adjacent to an activating group) is 1. The van der Waals surface area contributed by atoms with E-state index in [1.807, 2.05) is 0 Å². The Morgan fingerprint density at radius 1 is 1.27 bits per heavy atom. The van der Waals surface area contributed by atoms with Crippen molar-refractivity contribution in [1.29, 1.82) is 0 Å². The summed E-state index contributed by atoms with van der Waals surface area (Å²) in [6.07, 6.45) is 3.51. The average Bonchev–Trinajstić information content (AvgIpc) is 2.95. The summed E-state index contributed by atoms with van der Waals surface area (Å²) < 4.78 is 0. The summed E-state index contributed by atoms with van der Waals surface area (Å²) in [6.45, 7) is 2.14. The maximum absolute atomic E-state index is 6.07. The zero-order chi connectivity index (χ0) is 10.7. The van der Waals surface area contributed by atoms with Crippen LogP contribution in [0, 0.1) is 0 Å². The van der Waals surface area contributed by atoms with E-state index in [2.05, 4.69) is 42.3 Å². The van der Waals surface area contributed by atoms with Crippen molar-refractivity contribution in [3.63, 3.8) is 0 Å². The molecule has 1 aromatic rings. The van der Waals surface area contributed by atoms with Gasteiger partial charge in [-0.1, -0.05) is 30.3 Å². The van der Waals surface area contributed by atoms with Gasteiger partial charge in [0.05, 0.1) is 0 Å². The lowest BCUT2D eigenvalue weighted by Crippen LogP contribution is -2.38. The standard InChI is InChI=1S/C13H20N2/c1-15(11-13(14)8-9-13)10-7-12-5-3-2-4-6-12/h2-6H,7-11,14H2,1H3. The molecule has 1 aliphatic carbocycles. The predicted molar refractivity (Wildman–Crippen MR) is 63.8 cm³/mol. The van der Waals surface area contributed by atoms with Gasteiger partial charge in [0.15, 0.2) is 0 Å². The Kier molecular flexibility index (Phi) is 3.08. The monoisotopic (exact) mass is 204 g/mol. The normalized spacial score (nSPS) is 18.1. The molecule has 0 saturated heterocycles. The second kappa shape index (κ2) is 4.33. The topological polar surface area (TPSA) is 29.3 Å². The highest BCUT2D eigenvalue weighted by Gasteiger charge is 2.38. The van der Waals surface area contributed by atoms with Crippen LogP contribution in [0.15, 0.2) is 30.3 Å². The summed E-state index contributed by atoms with van der Waals surface area (Å²) in [4.78, 5) is 2.35. The fourth-order valence-corrected chi connectivity index (χ4v) is 1.90. The number of rotatable bonds is 5. The third-order valence-corrected chi connectivity index (χ3v) is 3.10. The molecule has 0 radical (unpaired) electrons. The summed E-state index contributed by atoms with van der Waals surface area (Å²) >= 11 is 0. The molecule has 1 saturated carbocycles.